The van der Waals surface area contributed by atoms with Crippen LogP contribution in [0, 0.1) is 18.6 Å². The number of nitrogens with zero attached hydrogens (tertiary/aromatic N) is 2. The Bertz CT molecular complexity index is 1460. The van der Waals surface area contributed by atoms with Crippen LogP contribution in [0.25, 0.3) is 11.1 Å². The highest BCUT2D eigenvalue weighted by Gasteiger charge is 2.22. The summed E-state index contributed by atoms with van der Waals surface area (Å²) in [7, 11) is 0. The largest absolute Gasteiger partial charge is 0.478 e. The maximum absolute atomic E-state index is 15.0. The molecule has 5 nitrogen and oxygen atoms in total. The molecule has 4 rings (SSSR count). The molecule has 1 heterocycles. The van der Waals surface area contributed by atoms with Crippen molar-refractivity contribution in [1.82, 2.24) is 4.98 Å². The van der Waals surface area contributed by atoms with Crippen LogP contribution in [0.1, 0.15) is 45.1 Å². The number of rotatable bonds is 7. The van der Waals surface area contributed by atoms with Gasteiger partial charge in [0.15, 0.2) is 0 Å². The van der Waals surface area contributed by atoms with Gasteiger partial charge >= 0.3 is 5.97 Å². The fourth-order valence-corrected chi connectivity index (χ4v) is 4.26. The van der Waals surface area contributed by atoms with Crippen LogP contribution in [-0.4, -0.2) is 27.0 Å². The highest BCUT2D eigenvalue weighted by atomic mass is 35.5. The van der Waals surface area contributed by atoms with Crippen molar-refractivity contribution in [2.45, 2.75) is 19.3 Å². The monoisotopic (exact) mass is 506 g/mol. The fourth-order valence-electron chi connectivity index (χ4n) is 4.10. The second kappa shape index (κ2) is 10.7. The molecule has 0 bridgehead atoms. The molecule has 0 fully saturated rings. The van der Waals surface area contributed by atoms with Crippen LogP contribution >= 0.6 is 11.6 Å². The van der Waals surface area contributed by atoms with Gasteiger partial charge in [0.05, 0.1) is 11.3 Å². The van der Waals surface area contributed by atoms with Gasteiger partial charge in [0, 0.05) is 34.8 Å². The van der Waals surface area contributed by atoms with Gasteiger partial charge in [-0.05, 0) is 65.6 Å². The summed E-state index contributed by atoms with van der Waals surface area (Å²) in [5, 5.41) is 22.6. The number of pyridine rings is 1. The Labute approximate surface area is 211 Å². The van der Waals surface area contributed by atoms with Gasteiger partial charge in [0.2, 0.25) is 0 Å². The van der Waals surface area contributed by atoms with E-state index in [-0.39, 0.29) is 11.4 Å². The first-order valence-electron chi connectivity index (χ1n) is 11.0. The number of carboxylic acids is 1. The number of carbonyl (C=O) groups is 1. The summed E-state index contributed by atoms with van der Waals surface area (Å²) in [5.41, 5.74) is 3.62. The van der Waals surface area contributed by atoms with E-state index < -0.39 is 29.1 Å². The number of aryl methyl sites for hydroxylation is 1. The van der Waals surface area contributed by atoms with Crippen LogP contribution in [0.4, 0.5) is 8.78 Å². The Kier molecular flexibility index (Phi) is 7.41. The smallest absolute Gasteiger partial charge is 0.338 e. The van der Waals surface area contributed by atoms with Crippen molar-refractivity contribution in [1.29, 1.82) is 0 Å². The average Bonchev–Trinajstić information content (AvgIpc) is 2.85. The number of oxime groups is 1. The minimum absolute atomic E-state index is 0.180. The quantitative estimate of drug-likeness (QED) is 0.159. The van der Waals surface area contributed by atoms with Gasteiger partial charge in [0.1, 0.15) is 11.6 Å². The first-order chi connectivity index (χ1) is 17.3. The molecule has 0 unspecified atom stereocenters. The highest BCUT2D eigenvalue weighted by molar-refractivity contribution is 6.30. The van der Waals surface area contributed by atoms with E-state index in [0.717, 1.165) is 17.3 Å². The summed E-state index contributed by atoms with van der Waals surface area (Å²) in [4.78, 5) is 15.3. The van der Waals surface area contributed by atoms with E-state index in [1.54, 1.807) is 54.7 Å². The van der Waals surface area contributed by atoms with Crippen molar-refractivity contribution in [3.63, 3.8) is 0 Å². The number of benzene rings is 3. The topological polar surface area (TPSA) is 82.8 Å². The molecule has 0 saturated heterocycles. The van der Waals surface area contributed by atoms with Gasteiger partial charge < -0.3 is 10.3 Å². The third-order valence-corrected chi connectivity index (χ3v) is 6.17. The zero-order chi connectivity index (χ0) is 25.8. The second-order valence-electron chi connectivity index (χ2n) is 8.28. The van der Waals surface area contributed by atoms with Crippen molar-refractivity contribution >= 4 is 23.3 Å². The van der Waals surface area contributed by atoms with Gasteiger partial charge in [-0.25, -0.2) is 13.6 Å². The normalized spacial score (nSPS) is 12.4. The van der Waals surface area contributed by atoms with Crippen LogP contribution in [-0.2, 0) is 0 Å². The molecule has 0 radical (unpaired) electrons. The van der Waals surface area contributed by atoms with E-state index >= 15 is 4.39 Å². The molecule has 1 aromatic heterocycles. The number of aromatic nitrogens is 1. The number of hydrogen-bond acceptors (Lipinski definition) is 4. The Balaban J connectivity index is 1.73. The molecule has 0 aliphatic rings. The molecule has 2 N–H and O–H groups in total. The SMILES string of the molecule is Cc1cc(/C(C[C@H](c2ccc(-c3ccc(C(=O)O)c(F)c3)cc2)c2ccc(Cl)cc2F)=N/O)ccn1. The molecule has 0 spiro atoms. The Morgan fingerprint density at radius 1 is 0.972 bits per heavy atom. The molecule has 0 saturated carbocycles. The van der Waals surface area contributed by atoms with Crippen LogP contribution < -0.4 is 0 Å². The standard InChI is InChI=1S/C28H21ClF2N2O3/c1-16-12-20(10-11-32-16)27(33-36)15-24(22-9-7-21(29)14-26(22)31)18-4-2-17(3-5-18)19-6-8-23(28(34)35)25(30)13-19/h2-14,24,36H,15H2,1H3,(H,34,35)/b33-27+/t24-/m1/s1. The molecular formula is C28H21ClF2N2O3. The van der Waals surface area contributed by atoms with Gasteiger partial charge in [-0.2, -0.15) is 0 Å². The lowest BCUT2D eigenvalue weighted by Crippen LogP contribution is -2.12. The lowest BCUT2D eigenvalue weighted by atomic mass is 9.84. The lowest BCUT2D eigenvalue weighted by Gasteiger charge is -2.20. The molecule has 0 amide bonds. The number of hydrogen-bond donors (Lipinski definition) is 2. The van der Waals surface area contributed by atoms with Gasteiger partial charge in [-0.15, -0.1) is 0 Å². The summed E-state index contributed by atoms with van der Waals surface area (Å²) in [6.07, 6.45) is 1.79. The second-order valence-corrected chi connectivity index (χ2v) is 8.71. The van der Waals surface area contributed by atoms with E-state index in [4.69, 9.17) is 16.7 Å². The fraction of sp³-hybridized carbons (Fsp3) is 0.107. The summed E-state index contributed by atoms with van der Waals surface area (Å²) in [6.45, 7) is 1.82. The summed E-state index contributed by atoms with van der Waals surface area (Å²) in [5.74, 6) is -3.19. The van der Waals surface area contributed by atoms with E-state index in [9.17, 15) is 14.4 Å². The minimum Gasteiger partial charge on any atom is -0.478 e. The predicted octanol–water partition coefficient (Wildman–Crippen LogP) is 7.09. The van der Waals surface area contributed by atoms with Crippen LogP contribution in [0.15, 0.2) is 84.1 Å². The molecule has 1 atom stereocenters. The Morgan fingerprint density at radius 3 is 2.31 bits per heavy atom. The maximum atomic E-state index is 15.0. The maximum Gasteiger partial charge on any atom is 0.338 e. The van der Waals surface area contributed by atoms with Crippen LogP contribution in [0.3, 0.4) is 0 Å². The summed E-state index contributed by atoms with van der Waals surface area (Å²) >= 11 is 5.97. The van der Waals surface area contributed by atoms with Gasteiger partial charge in [-0.1, -0.05) is 53.2 Å². The van der Waals surface area contributed by atoms with Crippen molar-refractivity contribution in [3.8, 4) is 11.1 Å². The van der Waals surface area contributed by atoms with Crippen LogP contribution in [0.2, 0.25) is 5.02 Å². The van der Waals surface area contributed by atoms with Crippen molar-refractivity contribution in [2.75, 3.05) is 0 Å². The van der Waals surface area contributed by atoms with Gasteiger partial charge in [0.25, 0.3) is 0 Å². The molecule has 8 heteroatoms. The van der Waals surface area contributed by atoms with Crippen molar-refractivity contribution < 1.29 is 23.9 Å². The zero-order valence-corrected chi connectivity index (χ0v) is 19.9. The third-order valence-electron chi connectivity index (χ3n) is 5.93. The van der Waals surface area contributed by atoms with E-state index in [1.165, 1.54) is 18.2 Å². The Morgan fingerprint density at radius 2 is 1.69 bits per heavy atom. The predicted molar refractivity (Wildman–Crippen MR) is 134 cm³/mol. The minimum atomic E-state index is -1.34. The first kappa shape index (κ1) is 25.0. The molecule has 182 valence electrons. The number of aromatic carboxylic acids is 1. The summed E-state index contributed by atoms with van der Waals surface area (Å²) in [6, 6.07) is 18.9. The van der Waals surface area contributed by atoms with Crippen molar-refractivity contribution in [3.05, 3.63) is 124 Å². The Hall–Kier alpha value is -4.10. The molecule has 3 aromatic carbocycles. The molecule has 36 heavy (non-hydrogen) atoms. The number of halogens is 3. The first-order valence-corrected chi connectivity index (χ1v) is 11.4. The van der Waals surface area contributed by atoms with Crippen LogP contribution in [0.5, 0.6) is 0 Å². The summed E-state index contributed by atoms with van der Waals surface area (Å²) < 4.78 is 29.2. The molecule has 0 aliphatic carbocycles. The molecule has 0 aliphatic heterocycles. The van der Waals surface area contributed by atoms with Crippen molar-refractivity contribution in [2.24, 2.45) is 5.16 Å². The third kappa shape index (κ3) is 5.42. The average molecular weight is 507 g/mol. The van der Waals surface area contributed by atoms with Gasteiger partial charge in [-0.3, -0.25) is 4.98 Å². The molecule has 4 aromatic rings. The zero-order valence-electron chi connectivity index (χ0n) is 19.1. The highest BCUT2D eigenvalue weighted by Crippen LogP contribution is 2.34. The number of carboxylic acid groups (broad SMARTS) is 1. The lowest BCUT2D eigenvalue weighted by molar-refractivity contribution is 0.0692. The molecular weight excluding hydrogens is 486 g/mol. The van der Waals surface area contributed by atoms with E-state index in [2.05, 4.69) is 10.1 Å². The van der Waals surface area contributed by atoms with E-state index in [1.807, 2.05) is 6.92 Å². The van der Waals surface area contributed by atoms with E-state index in [0.29, 0.717) is 28.0 Å².